The van der Waals surface area contributed by atoms with Gasteiger partial charge in [0.25, 0.3) is 0 Å². The Morgan fingerprint density at radius 1 is 1.58 bits per heavy atom. The number of hydrogen-bond donors (Lipinski definition) is 1. The summed E-state index contributed by atoms with van der Waals surface area (Å²) in [6, 6.07) is -0.428. The van der Waals surface area contributed by atoms with Crippen LogP contribution in [0.15, 0.2) is 12.4 Å². The molecule has 1 saturated heterocycles. The van der Waals surface area contributed by atoms with Gasteiger partial charge in [0.05, 0.1) is 6.54 Å². The maximum absolute atomic E-state index is 11.6. The van der Waals surface area contributed by atoms with Crippen LogP contribution in [-0.4, -0.2) is 38.1 Å². The van der Waals surface area contributed by atoms with E-state index in [1.54, 1.807) is 6.20 Å². The highest BCUT2D eigenvalue weighted by atomic mass is 16.4. The van der Waals surface area contributed by atoms with Gasteiger partial charge in [-0.25, -0.2) is 4.98 Å². The first-order valence-electron chi connectivity index (χ1n) is 6.92. The Balaban J connectivity index is 2.20. The molecule has 19 heavy (non-hydrogen) atoms. The molecule has 2 rings (SSSR count). The van der Waals surface area contributed by atoms with E-state index in [2.05, 4.69) is 21.4 Å². The third-order valence-electron chi connectivity index (χ3n) is 4.09. The molecule has 2 heterocycles. The number of carboxylic acid groups (broad SMARTS) is 1. The Bertz CT molecular complexity index is 453. The first-order valence-corrected chi connectivity index (χ1v) is 6.92. The Morgan fingerprint density at radius 3 is 2.95 bits per heavy atom. The van der Waals surface area contributed by atoms with Crippen LogP contribution in [0.1, 0.15) is 39.4 Å². The highest BCUT2D eigenvalue weighted by molar-refractivity contribution is 5.74. The van der Waals surface area contributed by atoms with Crippen molar-refractivity contribution in [2.75, 3.05) is 6.54 Å². The van der Waals surface area contributed by atoms with Gasteiger partial charge in [-0.1, -0.05) is 13.8 Å². The number of hydrogen-bond acceptors (Lipinski definition) is 3. The number of aliphatic carboxylic acids is 1. The average molecular weight is 265 g/mol. The molecule has 1 aromatic rings. The lowest BCUT2D eigenvalue weighted by molar-refractivity contribution is -0.151. The van der Waals surface area contributed by atoms with Crippen molar-refractivity contribution in [3.05, 3.63) is 18.2 Å². The van der Waals surface area contributed by atoms with Gasteiger partial charge in [-0.05, 0) is 31.7 Å². The highest BCUT2D eigenvalue weighted by Crippen LogP contribution is 2.35. The van der Waals surface area contributed by atoms with Crippen molar-refractivity contribution in [2.24, 2.45) is 5.41 Å². The largest absolute Gasteiger partial charge is 0.480 e. The van der Waals surface area contributed by atoms with Crippen LogP contribution < -0.4 is 0 Å². The molecular weight excluding hydrogens is 242 g/mol. The van der Waals surface area contributed by atoms with Gasteiger partial charge in [-0.2, -0.15) is 0 Å². The first kappa shape index (κ1) is 14.1. The standard InChI is InChI=1S/C14H23N3O2/c1-4-16-9-7-15-11(16)10-17-8-5-6-14(2,3)12(17)13(18)19/h7,9,12H,4-6,8,10H2,1-3H3,(H,18,19). The highest BCUT2D eigenvalue weighted by Gasteiger charge is 2.42. The minimum absolute atomic E-state index is 0.187. The number of aromatic nitrogens is 2. The minimum atomic E-state index is -0.723. The summed E-state index contributed by atoms with van der Waals surface area (Å²) in [6.45, 7) is 8.47. The Hall–Kier alpha value is -1.36. The van der Waals surface area contributed by atoms with E-state index < -0.39 is 12.0 Å². The fraction of sp³-hybridized carbons (Fsp3) is 0.714. The van der Waals surface area contributed by atoms with Gasteiger partial charge in [0.2, 0.25) is 0 Å². The van der Waals surface area contributed by atoms with Gasteiger partial charge >= 0.3 is 5.97 Å². The molecule has 0 aromatic carbocycles. The van der Waals surface area contributed by atoms with Gasteiger partial charge in [-0.3, -0.25) is 9.69 Å². The molecule has 1 aromatic heterocycles. The van der Waals surface area contributed by atoms with Crippen LogP contribution in [0.3, 0.4) is 0 Å². The van der Waals surface area contributed by atoms with Gasteiger partial charge in [-0.15, -0.1) is 0 Å². The van der Waals surface area contributed by atoms with Crippen molar-refractivity contribution in [2.45, 2.75) is 52.7 Å². The SMILES string of the molecule is CCn1ccnc1CN1CCCC(C)(C)C1C(=O)O. The molecular formula is C14H23N3O2. The van der Waals surface area contributed by atoms with E-state index in [0.717, 1.165) is 31.8 Å². The van der Waals surface area contributed by atoms with Crippen molar-refractivity contribution >= 4 is 5.97 Å². The Labute approximate surface area is 114 Å². The van der Waals surface area contributed by atoms with Gasteiger partial charge in [0.1, 0.15) is 11.9 Å². The molecule has 5 nitrogen and oxygen atoms in total. The van der Waals surface area contributed by atoms with E-state index in [1.807, 2.05) is 20.0 Å². The molecule has 1 N–H and O–H groups in total. The van der Waals surface area contributed by atoms with E-state index >= 15 is 0 Å². The second kappa shape index (κ2) is 5.33. The predicted octanol–water partition coefficient (Wildman–Crippen LogP) is 1.98. The summed E-state index contributed by atoms with van der Waals surface area (Å²) in [6.07, 6.45) is 5.73. The number of aryl methyl sites for hydroxylation is 1. The number of likely N-dealkylation sites (tertiary alicyclic amines) is 1. The second-order valence-corrected chi connectivity index (χ2v) is 5.93. The summed E-state index contributed by atoms with van der Waals surface area (Å²) >= 11 is 0. The number of carbonyl (C=O) groups is 1. The molecule has 0 saturated carbocycles. The van der Waals surface area contributed by atoms with E-state index in [1.165, 1.54) is 0 Å². The summed E-state index contributed by atoms with van der Waals surface area (Å²) < 4.78 is 2.07. The molecule has 0 radical (unpaired) electrons. The molecule has 106 valence electrons. The monoisotopic (exact) mass is 265 g/mol. The van der Waals surface area contributed by atoms with Gasteiger partial charge in [0, 0.05) is 18.9 Å². The predicted molar refractivity (Wildman–Crippen MR) is 72.7 cm³/mol. The molecule has 1 fully saturated rings. The summed E-state index contributed by atoms with van der Waals surface area (Å²) in [5, 5.41) is 9.53. The third kappa shape index (κ3) is 2.81. The fourth-order valence-corrected chi connectivity index (χ4v) is 3.12. The summed E-state index contributed by atoms with van der Waals surface area (Å²) in [4.78, 5) is 18.0. The van der Waals surface area contributed by atoms with Gasteiger partial charge < -0.3 is 9.67 Å². The Morgan fingerprint density at radius 2 is 2.32 bits per heavy atom. The summed E-state index contributed by atoms with van der Waals surface area (Å²) in [5.74, 6) is 0.228. The zero-order valence-corrected chi connectivity index (χ0v) is 12.0. The number of carboxylic acids is 1. The first-order chi connectivity index (χ1) is 8.95. The molecule has 0 spiro atoms. The van der Waals surface area contributed by atoms with Crippen LogP contribution >= 0.6 is 0 Å². The average Bonchev–Trinajstić information content (AvgIpc) is 2.74. The minimum Gasteiger partial charge on any atom is -0.480 e. The second-order valence-electron chi connectivity index (χ2n) is 5.93. The maximum Gasteiger partial charge on any atom is 0.321 e. The molecule has 1 aliphatic rings. The molecule has 5 heteroatoms. The quantitative estimate of drug-likeness (QED) is 0.904. The van der Waals surface area contributed by atoms with Crippen molar-refractivity contribution in [1.82, 2.24) is 14.5 Å². The van der Waals surface area contributed by atoms with E-state index in [-0.39, 0.29) is 5.41 Å². The molecule has 0 bridgehead atoms. The fourth-order valence-electron chi connectivity index (χ4n) is 3.12. The maximum atomic E-state index is 11.6. The number of piperidine rings is 1. The van der Waals surface area contributed by atoms with E-state index in [4.69, 9.17) is 0 Å². The van der Waals surface area contributed by atoms with Crippen LogP contribution in [0, 0.1) is 5.41 Å². The van der Waals surface area contributed by atoms with Crippen LogP contribution in [0.4, 0.5) is 0 Å². The summed E-state index contributed by atoms with van der Waals surface area (Å²) in [5.41, 5.74) is -0.187. The van der Waals surface area contributed by atoms with Crippen molar-refractivity contribution < 1.29 is 9.90 Å². The van der Waals surface area contributed by atoms with Crippen LogP contribution in [0.2, 0.25) is 0 Å². The van der Waals surface area contributed by atoms with Crippen molar-refractivity contribution in [1.29, 1.82) is 0 Å². The molecule has 1 unspecified atom stereocenters. The smallest absolute Gasteiger partial charge is 0.321 e. The van der Waals surface area contributed by atoms with E-state index in [0.29, 0.717) is 6.54 Å². The molecule has 0 amide bonds. The third-order valence-corrected chi connectivity index (χ3v) is 4.09. The molecule has 1 aliphatic heterocycles. The lowest BCUT2D eigenvalue weighted by Gasteiger charge is -2.43. The van der Waals surface area contributed by atoms with Gasteiger partial charge in [0.15, 0.2) is 0 Å². The zero-order chi connectivity index (χ0) is 14.0. The zero-order valence-electron chi connectivity index (χ0n) is 12.0. The molecule has 1 atom stereocenters. The number of nitrogens with zero attached hydrogens (tertiary/aromatic N) is 3. The summed E-state index contributed by atoms with van der Waals surface area (Å²) in [7, 11) is 0. The number of imidazole rings is 1. The van der Waals surface area contributed by atoms with Crippen LogP contribution in [-0.2, 0) is 17.9 Å². The normalized spacial score (nSPS) is 23.4. The lowest BCUT2D eigenvalue weighted by Crippen LogP contribution is -2.53. The molecule has 0 aliphatic carbocycles. The van der Waals surface area contributed by atoms with Crippen LogP contribution in [0.25, 0.3) is 0 Å². The van der Waals surface area contributed by atoms with Crippen molar-refractivity contribution in [3.8, 4) is 0 Å². The van der Waals surface area contributed by atoms with Crippen molar-refractivity contribution in [3.63, 3.8) is 0 Å². The van der Waals surface area contributed by atoms with E-state index in [9.17, 15) is 9.90 Å². The number of rotatable bonds is 4. The lowest BCUT2D eigenvalue weighted by atomic mass is 9.76. The van der Waals surface area contributed by atoms with Crippen LogP contribution in [0.5, 0.6) is 0 Å². The topological polar surface area (TPSA) is 58.4 Å². The Kier molecular flexibility index (Phi) is 3.94.